The lowest BCUT2D eigenvalue weighted by atomic mass is 10.3. The van der Waals surface area contributed by atoms with Gasteiger partial charge in [-0.15, -0.1) is 78.9 Å². The summed E-state index contributed by atoms with van der Waals surface area (Å²) < 4.78 is 0. The molecule has 26 heavy (non-hydrogen) atoms. The Morgan fingerprint density at radius 3 is 0.731 bits per heavy atom. The molecule has 0 amide bonds. The van der Waals surface area contributed by atoms with E-state index in [0.29, 0.717) is 0 Å². The molecule has 0 unspecified atom stereocenters. The Morgan fingerprint density at radius 2 is 0.538 bits per heavy atom. The second kappa shape index (κ2) is 43.0. The van der Waals surface area contributed by atoms with Crippen LogP contribution in [0.4, 0.5) is 11.4 Å². The van der Waals surface area contributed by atoms with Gasteiger partial charge in [-0.2, -0.15) is 10.2 Å². The number of hydrogen-bond acceptors (Lipinski definition) is 2. The van der Waals surface area contributed by atoms with Crippen molar-refractivity contribution in [1.29, 1.82) is 0 Å². The van der Waals surface area contributed by atoms with E-state index in [1.165, 1.54) is 0 Å². The van der Waals surface area contributed by atoms with Crippen LogP contribution in [0.15, 0.2) is 150 Å². The maximum absolute atomic E-state index is 4.10. The van der Waals surface area contributed by atoms with Crippen molar-refractivity contribution < 1.29 is 0 Å². The second-order valence-corrected chi connectivity index (χ2v) is 2.87. The van der Waals surface area contributed by atoms with Gasteiger partial charge in [0.25, 0.3) is 0 Å². The molecule has 2 nitrogen and oxygen atoms in total. The summed E-state index contributed by atoms with van der Waals surface area (Å²) in [6.45, 7) is 36.0. The SMILES string of the molecule is C=C.C=C.C=C.C=C.C=C.C=C.c1ccc(N=Nc2ccccc2)cc1. The standard InChI is InChI=1S/C12H10N2.6C2H4/c1-3-7-11(8-4-1)13-14-12-9-5-2-6-10-12;6*1-2/h1-10H;6*1-2H2. The van der Waals surface area contributed by atoms with Crippen molar-refractivity contribution in [3.8, 4) is 0 Å². The normalized spacial score (nSPS) is 6.62. The zero-order valence-electron chi connectivity index (χ0n) is 16.2. The predicted molar refractivity (Wildman–Crippen MR) is 125 cm³/mol. The summed E-state index contributed by atoms with van der Waals surface area (Å²) in [6, 6.07) is 19.4. The molecule has 2 rings (SSSR count). The lowest BCUT2D eigenvalue weighted by molar-refractivity contribution is 1.23. The fraction of sp³-hybridized carbons (Fsp3) is 0. The Labute approximate surface area is 161 Å². The second-order valence-electron chi connectivity index (χ2n) is 2.87. The third-order valence-corrected chi connectivity index (χ3v) is 1.79. The van der Waals surface area contributed by atoms with Gasteiger partial charge >= 0.3 is 0 Å². The van der Waals surface area contributed by atoms with E-state index in [-0.39, 0.29) is 0 Å². The minimum Gasteiger partial charge on any atom is -0.151 e. The van der Waals surface area contributed by atoms with Gasteiger partial charge in [0.2, 0.25) is 0 Å². The molecule has 0 aliphatic heterocycles. The average molecular weight is 351 g/mol. The Kier molecular flexibility index (Phi) is 56.1. The number of nitrogens with zero attached hydrogens (tertiary/aromatic N) is 2. The van der Waals surface area contributed by atoms with Crippen molar-refractivity contribution in [3.63, 3.8) is 0 Å². The first-order chi connectivity index (χ1) is 12.9. The summed E-state index contributed by atoms with van der Waals surface area (Å²) in [5.41, 5.74) is 1.74. The van der Waals surface area contributed by atoms with Crippen molar-refractivity contribution in [2.75, 3.05) is 0 Å². The van der Waals surface area contributed by atoms with Crippen LogP contribution in [0, 0.1) is 0 Å². The van der Waals surface area contributed by atoms with Crippen LogP contribution in [0.2, 0.25) is 0 Å². The van der Waals surface area contributed by atoms with Gasteiger partial charge in [0.05, 0.1) is 11.4 Å². The number of rotatable bonds is 2. The zero-order chi connectivity index (χ0) is 21.6. The highest BCUT2D eigenvalue weighted by atomic mass is 15.1. The molecular weight excluding hydrogens is 316 g/mol. The molecule has 0 atom stereocenters. The molecule has 2 aromatic rings. The summed E-state index contributed by atoms with van der Waals surface area (Å²) in [6.07, 6.45) is 0. The number of benzene rings is 2. The lowest BCUT2D eigenvalue weighted by Crippen LogP contribution is -1.62. The minimum atomic E-state index is 0.872. The number of azo groups is 1. The molecule has 0 saturated heterocycles. The van der Waals surface area contributed by atoms with Gasteiger partial charge in [0.1, 0.15) is 0 Å². The molecule has 0 N–H and O–H groups in total. The summed E-state index contributed by atoms with van der Waals surface area (Å²) in [5.74, 6) is 0. The van der Waals surface area contributed by atoms with Crippen molar-refractivity contribution in [2.24, 2.45) is 10.2 Å². The zero-order valence-corrected chi connectivity index (χ0v) is 16.2. The van der Waals surface area contributed by atoms with Gasteiger partial charge in [0.15, 0.2) is 0 Å². The van der Waals surface area contributed by atoms with Gasteiger partial charge in [-0.3, -0.25) is 0 Å². The average Bonchev–Trinajstić information content (AvgIpc) is 2.82. The van der Waals surface area contributed by atoms with Crippen molar-refractivity contribution in [3.05, 3.63) is 140 Å². The van der Waals surface area contributed by atoms with Gasteiger partial charge in [-0.05, 0) is 24.3 Å². The molecule has 2 heteroatoms. The van der Waals surface area contributed by atoms with Gasteiger partial charge < -0.3 is 0 Å². The summed E-state index contributed by atoms with van der Waals surface area (Å²) >= 11 is 0. The lowest BCUT2D eigenvalue weighted by Gasteiger charge is -1.91. The first-order valence-corrected chi connectivity index (χ1v) is 7.47. The van der Waals surface area contributed by atoms with Crippen LogP contribution in [0.3, 0.4) is 0 Å². The van der Waals surface area contributed by atoms with Crippen LogP contribution < -0.4 is 0 Å². The first-order valence-electron chi connectivity index (χ1n) is 7.47. The maximum Gasteiger partial charge on any atom is 0.0857 e. The van der Waals surface area contributed by atoms with Gasteiger partial charge in [-0.25, -0.2) is 0 Å². The monoisotopic (exact) mass is 350 g/mol. The van der Waals surface area contributed by atoms with E-state index >= 15 is 0 Å². The van der Waals surface area contributed by atoms with E-state index in [1.54, 1.807) is 0 Å². The molecule has 0 aliphatic carbocycles. The van der Waals surface area contributed by atoms with E-state index in [0.717, 1.165) is 11.4 Å². The van der Waals surface area contributed by atoms with E-state index in [1.807, 2.05) is 60.7 Å². The van der Waals surface area contributed by atoms with Crippen LogP contribution in [0.5, 0.6) is 0 Å². The predicted octanol–water partition coefficient (Wildman–Crippen LogP) is 8.92. The van der Waals surface area contributed by atoms with Crippen molar-refractivity contribution in [1.82, 2.24) is 0 Å². The third kappa shape index (κ3) is 25.4. The van der Waals surface area contributed by atoms with Crippen molar-refractivity contribution >= 4 is 11.4 Å². The van der Waals surface area contributed by atoms with Crippen LogP contribution >= 0.6 is 0 Å². The smallest absolute Gasteiger partial charge is 0.0857 e. The maximum atomic E-state index is 4.10. The Balaban J connectivity index is -0.000000105. The van der Waals surface area contributed by atoms with Crippen LogP contribution in [-0.4, -0.2) is 0 Å². The molecule has 0 fully saturated rings. The third-order valence-electron chi connectivity index (χ3n) is 1.79. The largest absolute Gasteiger partial charge is 0.151 e. The quantitative estimate of drug-likeness (QED) is 0.381. The molecule has 140 valence electrons. The Hall–Kier alpha value is -3.52. The minimum absolute atomic E-state index is 0.872. The fourth-order valence-corrected chi connectivity index (χ4v) is 1.10. The highest BCUT2D eigenvalue weighted by Gasteiger charge is 1.86. The molecule has 0 aromatic heterocycles. The summed E-state index contributed by atoms with van der Waals surface area (Å²) in [5, 5.41) is 8.20. The molecule has 0 bridgehead atoms. The molecule has 0 heterocycles. The van der Waals surface area contributed by atoms with E-state index < -0.39 is 0 Å². The summed E-state index contributed by atoms with van der Waals surface area (Å²) in [4.78, 5) is 0. The highest BCUT2D eigenvalue weighted by Crippen LogP contribution is 2.16. The molecule has 0 saturated carbocycles. The first kappa shape index (κ1) is 33.9. The highest BCUT2D eigenvalue weighted by molar-refractivity contribution is 5.39. The van der Waals surface area contributed by atoms with Crippen LogP contribution in [-0.2, 0) is 0 Å². The van der Waals surface area contributed by atoms with Gasteiger partial charge in [0, 0.05) is 0 Å². The number of hydrogen-bond donors (Lipinski definition) is 0. The Bertz CT molecular complexity index is 435. The van der Waals surface area contributed by atoms with E-state index in [4.69, 9.17) is 0 Å². The molecule has 0 aliphatic rings. The summed E-state index contributed by atoms with van der Waals surface area (Å²) in [7, 11) is 0. The molecule has 2 aromatic carbocycles. The topological polar surface area (TPSA) is 24.7 Å². The van der Waals surface area contributed by atoms with Crippen molar-refractivity contribution in [2.45, 2.75) is 0 Å². The molecule has 0 radical (unpaired) electrons. The Morgan fingerprint density at radius 1 is 0.346 bits per heavy atom. The van der Waals surface area contributed by atoms with E-state index in [2.05, 4.69) is 89.2 Å². The van der Waals surface area contributed by atoms with Crippen LogP contribution in [0.25, 0.3) is 0 Å². The van der Waals surface area contributed by atoms with Gasteiger partial charge in [-0.1, -0.05) is 36.4 Å². The van der Waals surface area contributed by atoms with Crippen LogP contribution in [0.1, 0.15) is 0 Å². The van der Waals surface area contributed by atoms with E-state index in [9.17, 15) is 0 Å². The molecule has 0 spiro atoms. The fourth-order valence-electron chi connectivity index (χ4n) is 1.10. The molecular formula is C24H34N2.